The average molecular weight is 768 g/mol. The van der Waals surface area contributed by atoms with E-state index in [2.05, 4.69) is 27.3 Å². The zero-order valence-electron chi connectivity index (χ0n) is 31.9. The zero-order chi connectivity index (χ0) is 39.0. The van der Waals surface area contributed by atoms with Crippen molar-refractivity contribution < 1.29 is 41.8 Å². The topological polar surface area (TPSA) is 182 Å². The molecule has 2 aliphatic carbocycles. The third-order valence-electron chi connectivity index (χ3n) is 10.6. The van der Waals surface area contributed by atoms with Crippen LogP contribution in [0.25, 0.3) is 10.8 Å². The van der Waals surface area contributed by atoms with Crippen LogP contribution in [-0.4, -0.2) is 89.8 Å². The Morgan fingerprint density at radius 1 is 1.07 bits per heavy atom. The third kappa shape index (κ3) is 8.76. The molecule has 7 atom stereocenters. The molecule has 0 bridgehead atoms. The minimum absolute atomic E-state index is 0.0203. The lowest BCUT2D eigenvalue weighted by molar-refractivity contribution is -0.142. The Balaban J connectivity index is 1.35. The summed E-state index contributed by atoms with van der Waals surface area (Å²) in [4.78, 5) is 62.1. The zero-order valence-corrected chi connectivity index (χ0v) is 32.7. The molecule has 0 spiro atoms. The number of carbonyl (C=O) groups excluding carboxylic acids is 4. The second kappa shape index (κ2) is 15.4. The molecule has 0 unspecified atom stereocenters. The number of ether oxygens (including phenoxy) is 3. The smallest absolute Gasteiger partial charge is 0.408 e. The number of amides is 4. The predicted octanol–water partition coefficient (Wildman–Crippen LogP) is 4.37. The highest BCUT2D eigenvalue weighted by Crippen LogP contribution is 2.46. The van der Waals surface area contributed by atoms with Crippen molar-refractivity contribution in [3.05, 3.63) is 42.6 Å². The number of sulfonamides is 1. The molecule has 3 fully saturated rings. The van der Waals surface area contributed by atoms with Crippen molar-refractivity contribution in [2.24, 2.45) is 17.8 Å². The van der Waals surface area contributed by atoms with Gasteiger partial charge in [0.25, 0.3) is 5.91 Å². The number of allylic oxidation sites excluding steroid dienone is 1. The van der Waals surface area contributed by atoms with Crippen LogP contribution >= 0.6 is 0 Å². The third-order valence-corrected chi connectivity index (χ3v) is 12.4. The van der Waals surface area contributed by atoms with Gasteiger partial charge in [-0.25, -0.2) is 18.2 Å². The van der Waals surface area contributed by atoms with Gasteiger partial charge in [-0.3, -0.25) is 19.1 Å². The van der Waals surface area contributed by atoms with Crippen LogP contribution in [-0.2, 0) is 29.1 Å². The molecule has 15 heteroatoms. The number of carbonyl (C=O) groups is 4. The molecular formula is C39H53N5O9S. The number of rotatable bonds is 8. The van der Waals surface area contributed by atoms with Crippen molar-refractivity contribution in [3.63, 3.8) is 0 Å². The molecule has 14 nitrogen and oxygen atoms in total. The average Bonchev–Trinajstić information content (AvgIpc) is 4.02. The van der Waals surface area contributed by atoms with Crippen molar-refractivity contribution in [3.8, 4) is 11.6 Å². The van der Waals surface area contributed by atoms with Crippen molar-refractivity contribution >= 4 is 44.6 Å². The lowest BCUT2D eigenvalue weighted by atomic mass is 9.88. The first-order valence-electron chi connectivity index (χ1n) is 19.0. The molecule has 4 aliphatic rings. The van der Waals surface area contributed by atoms with E-state index >= 15 is 0 Å². The van der Waals surface area contributed by atoms with Crippen LogP contribution in [0.15, 0.2) is 42.6 Å². The van der Waals surface area contributed by atoms with E-state index < -0.39 is 74.3 Å². The highest BCUT2D eigenvalue weighted by Gasteiger charge is 2.62. The normalized spacial score (nSPS) is 29.8. The Morgan fingerprint density at radius 2 is 1.80 bits per heavy atom. The van der Waals surface area contributed by atoms with Gasteiger partial charge in [-0.05, 0) is 84.1 Å². The molecular weight excluding hydrogens is 715 g/mol. The minimum Gasteiger partial charge on any atom is -0.492 e. The van der Waals surface area contributed by atoms with Crippen LogP contribution in [0, 0.1) is 17.8 Å². The van der Waals surface area contributed by atoms with Crippen LogP contribution in [0.4, 0.5) is 4.79 Å². The molecule has 2 aromatic rings. The van der Waals surface area contributed by atoms with E-state index in [-0.39, 0.29) is 31.2 Å². The summed E-state index contributed by atoms with van der Waals surface area (Å²) in [6.45, 7) is 11.5. The lowest BCUT2D eigenvalue weighted by Crippen LogP contribution is -2.59. The van der Waals surface area contributed by atoms with E-state index in [9.17, 15) is 27.6 Å². The first-order valence-corrected chi connectivity index (χ1v) is 20.6. The number of benzene rings is 1. The fourth-order valence-electron chi connectivity index (χ4n) is 7.60. The molecule has 2 saturated carbocycles. The van der Waals surface area contributed by atoms with Gasteiger partial charge in [0.1, 0.15) is 35.1 Å². The van der Waals surface area contributed by atoms with E-state index in [4.69, 9.17) is 14.2 Å². The number of nitrogens with zero attached hydrogens (tertiary/aromatic N) is 2. The van der Waals surface area contributed by atoms with Gasteiger partial charge in [0.2, 0.25) is 27.7 Å². The summed E-state index contributed by atoms with van der Waals surface area (Å²) in [7, 11) is -3.90. The van der Waals surface area contributed by atoms with Crippen molar-refractivity contribution in [1.29, 1.82) is 0 Å². The van der Waals surface area contributed by atoms with Crippen LogP contribution in [0.2, 0.25) is 0 Å². The maximum atomic E-state index is 14.7. The van der Waals surface area contributed by atoms with Gasteiger partial charge < -0.3 is 29.7 Å². The number of aromatic nitrogens is 1. The summed E-state index contributed by atoms with van der Waals surface area (Å²) >= 11 is 0. The van der Waals surface area contributed by atoms with Gasteiger partial charge in [-0.2, -0.15) is 0 Å². The van der Waals surface area contributed by atoms with Gasteiger partial charge in [0.05, 0.1) is 24.6 Å². The van der Waals surface area contributed by atoms with Gasteiger partial charge in [0.15, 0.2) is 0 Å². The second-order valence-electron chi connectivity index (χ2n) is 16.3. The van der Waals surface area contributed by atoms with Crippen LogP contribution < -0.4 is 24.8 Å². The molecule has 3 heterocycles. The van der Waals surface area contributed by atoms with E-state index in [1.54, 1.807) is 27.0 Å². The molecule has 1 saturated heterocycles. The van der Waals surface area contributed by atoms with Crippen LogP contribution in [0.1, 0.15) is 86.5 Å². The maximum Gasteiger partial charge on any atom is 0.408 e. The Labute approximate surface area is 317 Å². The molecule has 2 aliphatic heterocycles. The molecule has 1 aromatic heterocycles. The molecule has 1 aromatic carbocycles. The van der Waals surface area contributed by atoms with E-state index in [1.165, 1.54) is 4.90 Å². The highest BCUT2D eigenvalue weighted by molar-refractivity contribution is 7.91. The van der Waals surface area contributed by atoms with Crippen LogP contribution in [0.5, 0.6) is 11.6 Å². The van der Waals surface area contributed by atoms with Crippen molar-refractivity contribution in [2.75, 3.05) is 13.2 Å². The summed E-state index contributed by atoms with van der Waals surface area (Å²) in [5.74, 6) is -1.64. The largest absolute Gasteiger partial charge is 0.492 e. The van der Waals surface area contributed by atoms with Crippen molar-refractivity contribution in [2.45, 2.75) is 121 Å². The number of hydrogen-bond donors (Lipinski definition) is 3. The Kier molecular flexibility index (Phi) is 11.2. The van der Waals surface area contributed by atoms with Gasteiger partial charge in [0, 0.05) is 23.1 Å². The fraction of sp³-hybridized carbons (Fsp3) is 0.615. The molecule has 0 radical (unpaired) electrons. The monoisotopic (exact) mass is 767 g/mol. The molecule has 54 heavy (non-hydrogen) atoms. The number of pyridine rings is 1. The summed E-state index contributed by atoms with van der Waals surface area (Å²) in [6.07, 6.45) is 7.20. The predicted molar refractivity (Wildman–Crippen MR) is 201 cm³/mol. The van der Waals surface area contributed by atoms with E-state index in [0.29, 0.717) is 49.3 Å². The van der Waals surface area contributed by atoms with E-state index in [0.717, 1.165) is 11.8 Å². The quantitative estimate of drug-likeness (QED) is 0.327. The fourth-order valence-corrected chi connectivity index (χ4v) is 8.96. The molecule has 3 N–H and O–H groups in total. The summed E-state index contributed by atoms with van der Waals surface area (Å²) < 4.78 is 45.8. The van der Waals surface area contributed by atoms with Gasteiger partial charge >= 0.3 is 6.09 Å². The Morgan fingerprint density at radius 3 is 2.48 bits per heavy atom. The maximum absolute atomic E-state index is 14.7. The standard InChI is InChI=1S/C39H53N5O9S/c1-7-51-31-21-40-34(29-15-11-10-14-28(29)31)52-26-19-30-33(45)42-39(36(47)43-54(49,50)27-16-17-27)20-25(39)13-9-8-12-23(2)18-24(3)32(35(46)44(30)22-26)41-37(48)53-38(4,5)6/h9-11,13-15,21,23-27,30,32H,7-8,12,16-20,22H2,1-6H3,(H,41,48)(H,42,45)(H,43,47)/b13-9-/t23-,24-,25-,26-,30+,32+,39-/m1/s1. The molecule has 4 amide bonds. The number of nitrogens with one attached hydrogen (secondary N) is 3. The lowest BCUT2D eigenvalue weighted by Gasteiger charge is -2.33. The number of fused-ring (bicyclic) bond motifs is 3. The Hall–Kier alpha value is -4.40. The SMILES string of the molecule is CCOc1cnc(O[C@@H]2C[C@H]3C(=O)N[C@]4(C(=O)NS(=O)(=O)C5CC5)C[C@H]4/C=C\CC[C@@H](C)C[C@@H](C)[C@H](NC(=O)OC(C)(C)C)C(=O)N3C2)c2ccccc12. The van der Waals surface area contributed by atoms with Crippen LogP contribution in [0.3, 0.4) is 0 Å². The molecule has 294 valence electrons. The summed E-state index contributed by atoms with van der Waals surface area (Å²) in [5.41, 5.74) is -2.33. The first kappa shape index (κ1) is 39.3. The van der Waals surface area contributed by atoms with Gasteiger partial charge in [-0.1, -0.05) is 44.2 Å². The van der Waals surface area contributed by atoms with Gasteiger partial charge in [-0.15, -0.1) is 0 Å². The summed E-state index contributed by atoms with van der Waals surface area (Å²) in [6, 6.07) is 5.32. The minimum atomic E-state index is -3.90. The first-order chi connectivity index (χ1) is 25.5. The van der Waals surface area contributed by atoms with E-state index in [1.807, 2.05) is 50.3 Å². The Bertz CT molecular complexity index is 1910. The second-order valence-corrected chi connectivity index (χ2v) is 18.2. The number of hydrogen-bond acceptors (Lipinski definition) is 10. The highest BCUT2D eigenvalue weighted by atomic mass is 32.2. The molecule has 6 rings (SSSR count). The number of alkyl carbamates (subject to hydrolysis) is 1. The summed E-state index contributed by atoms with van der Waals surface area (Å²) in [5, 5.41) is 6.55. The van der Waals surface area contributed by atoms with Crippen molar-refractivity contribution in [1.82, 2.24) is 25.2 Å².